The fraction of sp³-hybridized carbons (Fsp3) is 0.368. The van der Waals surface area contributed by atoms with Crippen molar-refractivity contribution < 1.29 is 14.0 Å². The highest BCUT2D eigenvalue weighted by atomic mass is 32.2. The number of unbranched alkanes of at least 4 members (excludes halogenated alkanes) is 1. The van der Waals surface area contributed by atoms with Crippen molar-refractivity contribution in [2.75, 3.05) is 25.2 Å². The molecule has 0 saturated heterocycles. The second kappa shape index (κ2) is 8.91. The minimum Gasteiger partial charge on any atom is -0.616 e. The van der Waals surface area contributed by atoms with Gasteiger partial charge in [0.1, 0.15) is 29.6 Å². The molecule has 0 saturated carbocycles. The number of rotatable bonds is 9. The summed E-state index contributed by atoms with van der Waals surface area (Å²) in [6.07, 6.45) is 9.28. The van der Waals surface area contributed by atoms with Crippen LogP contribution in [-0.2, 0) is 11.2 Å². The standard InChI is InChI=1S/C19H23N3O3S/c1-3-4-10-26(23)11-9-25-15-5-6-16(18(12-15)24-2)17-14-22-8-7-20-13-19(22)21-17/h5-8,12-14H,3-4,9-11H2,1-2H3. The molecule has 0 aliphatic rings. The van der Waals surface area contributed by atoms with Gasteiger partial charge in [0, 0.05) is 30.2 Å². The molecule has 0 bridgehead atoms. The van der Waals surface area contributed by atoms with Gasteiger partial charge in [0.25, 0.3) is 0 Å². The monoisotopic (exact) mass is 373 g/mol. The number of aromatic nitrogens is 3. The third kappa shape index (κ3) is 4.47. The van der Waals surface area contributed by atoms with E-state index >= 15 is 0 Å². The SMILES string of the molecule is CCCC[S+]([O-])CCOc1ccc(-c2cn3ccncc3n2)c(OC)c1. The number of hydrogen-bond donors (Lipinski definition) is 0. The Labute approximate surface area is 156 Å². The highest BCUT2D eigenvalue weighted by Gasteiger charge is 2.12. The molecule has 0 amide bonds. The molecule has 0 fully saturated rings. The summed E-state index contributed by atoms with van der Waals surface area (Å²) in [6, 6.07) is 5.65. The molecule has 2 heterocycles. The van der Waals surface area contributed by atoms with Crippen LogP contribution in [0.15, 0.2) is 43.0 Å². The van der Waals surface area contributed by atoms with E-state index in [0.717, 1.165) is 35.5 Å². The van der Waals surface area contributed by atoms with Gasteiger partial charge >= 0.3 is 0 Å². The van der Waals surface area contributed by atoms with Crippen LogP contribution in [0.1, 0.15) is 19.8 Å². The number of methoxy groups -OCH3 is 1. The number of nitrogens with zero attached hydrogens (tertiary/aromatic N) is 3. The van der Waals surface area contributed by atoms with Crippen molar-refractivity contribution in [2.45, 2.75) is 19.8 Å². The van der Waals surface area contributed by atoms with E-state index in [4.69, 9.17) is 9.47 Å². The van der Waals surface area contributed by atoms with Gasteiger partial charge in [0.15, 0.2) is 5.65 Å². The molecule has 3 rings (SSSR count). The summed E-state index contributed by atoms with van der Waals surface area (Å²) in [5.74, 6) is 2.67. The van der Waals surface area contributed by atoms with Crippen LogP contribution in [-0.4, -0.2) is 44.1 Å². The van der Waals surface area contributed by atoms with Gasteiger partial charge in [0.05, 0.1) is 19.0 Å². The zero-order valence-electron chi connectivity index (χ0n) is 15.1. The van der Waals surface area contributed by atoms with Gasteiger partial charge in [-0.3, -0.25) is 4.98 Å². The van der Waals surface area contributed by atoms with Gasteiger partial charge in [-0.25, -0.2) is 4.98 Å². The summed E-state index contributed by atoms with van der Waals surface area (Å²) in [5, 5.41) is 0. The van der Waals surface area contributed by atoms with Crippen LogP contribution >= 0.6 is 0 Å². The molecular weight excluding hydrogens is 350 g/mol. The molecule has 2 aromatic heterocycles. The Hall–Kier alpha value is -2.25. The van der Waals surface area contributed by atoms with E-state index in [0.29, 0.717) is 23.9 Å². The maximum absolute atomic E-state index is 11.8. The zero-order valence-corrected chi connectivity index (χ0v) is 15.9. The molecule has 0 aliphatic heterocycles. The van der Waals surface area contributed by atoms with Crippen molar-refractivity contribution >= 4 is 16.8 Å². The first-order valence-corrected chi connectivity index (χ1v) is 10.1. The molecule has 0 N–H and O–H groups in total. The van der Waals surface area contributed by atoms with Gasteiger partial charge in [-0.2, -0.15) is 0 Å². The van der Waals surface area contributed by atoms with Crippen LogP contribution in [0, 0.1) is 0 Å². The van der Waals surface area contributed by atoms with Gasteiger partial charge in [0.2, 0.25) is 0 Å². The summed E-state index contributed by atoms with van der Waals surface area (Å²) < 4.78 is 25.0. The van der Waals surface area contributed by atoms with Crippen molar-refractivity contribution in [3.8, 4) is 22.8 Å². The summed E-state index contributed by atoms with van der Waals surface area (Å²) in [6.45, 7) is 2.53. The Morgan fingerprint density at radius 1 is 1.27 bits per heavy atom. The Morgan fingerprint density at radius 3 is 2.92 bits per heavy atom. The molecule has 0 aliphatic carbocycles. The first-order valence-electron chi connectivity index (χ1n) is 8.66. The number of fused-ring (bicyclic) bond motifs is 1. The molecule has 1 atom stereocenters. The van der Waals surface area contributed by atoms with E-state index in [9.17, 15) is 4.55 Å². The van der Waals surface area contributed by atoms with E-state index in [2.05, 4.69) is 16.9 Å². The Morgan fingerprint density at radius 2 is 2.15 bits per heavy atom. The van der Waals surface area contributed by atoms with Gasteiger partial charge in [-0.1, -0.05) is 24.5 Å². The highest BCUT2D eigenvalue weighted by Crippen LogP contribution is 2.32. The van der Waals surface area contributed by atoms with Crippen LogP contribution in [0.3, 0.4) is 0 Å². The van der Waals surface area contributed by atoms with Crippen LogP contribution in [0.2, 0.25) is 0 Å². The normalized spacial score (nSPS) is 12.3. The number of benzene rings is 1. The van der Waals surface area contributed by atoms with Crippen molar-refractivity contribution in [2.24, 2.45) is 0 Å². The van der Waals surface area contributed by atoms with E-state index in [-0.39, 0.29) is 0 Å². The van der Waals surface area contributed by atoms with E-state index in [1.807, 2.05) is 35.0 Å². The van der Waals surface area contributed by atoms with E-state index in [1.165, 1.54) is 0 Å². The lowest BCUT2D eigenvalue weighted by atomic mass is 10.1. The molecule has 3 aromatic rings. The average Bonchev–Trinajstić information content (AvgIpc) is 3.10. The Kier molecular flexibility index (Phi) is 6.35. The first-order chi connectivity index (χ1) is 12.7. The molecule has 7 heteroatoms. The second-order valence-corrected chi connectivity index (χ2v) is 7.58. The van der Waals surface area contributed by atoms with Gasteiger partial charge in [-0.15, -0.1) is 0 Å². The molecule has 6 nitrogen and oxygen atoms in total. The smallest absolute Gasteiger partial charge is 0.155 e. The fourth-order valence-corrected chi connectivity index (χ4v) is 3.69. The topological polar surface area (TPSA) is 71.7 Å². The van der Waals surface area contributed by atoms with Crippen molar-refractivity contribution in [1.82, 2.24) is 14.4 Å². The summed E-state index contributed by atoms with van der Waals surface area (Å²) in [7, 11) is 1.62. The molecule has 1 unspecified atom stereocenters. The lowest BCUT2D eigenvalue weighted by Gasteiger charge is -2.13. The van der Waals surface area contributed by atoms with Gasteiger partial charge < -0.3 is 18.4 Å². The maximum Gasteiger partial charge on any atom is 0.155 e. The third-order valence-corrected chi connectivity index (χ3v) is 5.38. The molecule has 0 spiro atoms. The quantitative estimate of drug-likeness (QED) is 0.538. The van der Waals surface area contributed by atoms with Crippen LogP contribution in [0.25, 0.3) is 16.9 Å². The van der Waals surface area contributed by atoms with Crippen molar-refractivity contribution in [1.29, 1.82) is 0 Å². The molecule has 26 heavy (non-hydrogen) atoms. The predicted molar refractivity (Wildman–Crippen MR) is 103 cm³/mol. The number of imidazole rings is 1. The first kappa shape index (κ1) is 18.5. The summed E-state index contributed by atoms with van der Waals surface area (Å²) >= 11 is -0.819. The third-order valence-electron chi connectivity index (χ3n) is 4.02. The lowest BCUT2D eigenvalue weighted by Crippen LogP contribution is -2.17. The van der Waals surface area contributed by atoms with Crippen molar-refractivity contribution in [3.63, 3.8) is 0 Å². The number of ether oxygens (including phenoxy) is 2. The summed E-state index contributed by atoms with van der Waals surface area (Å²) in [4.78, 5) is 8.66. The minimum absolute atomic E-state index is 0.429. The van der Waals surface area contributed by atoms with Gasteiger partial charge in [-0.05, 0) is 18.6 Å². The molecular formula is C19H23N3O3S. The summed E-state index contributed by atoms with van der Waals surface area (Å²) in [5.41, 5.74) is 2.47. The second-order valence-electron chi connectivity index (χ2n) is 5.88. The van der Waals surface area contributed by atoms with E-state index in [1.54, 1.807) is 19.5 Å². The maximum atomic E-state index is 11.8. The van der Waals surface area contributed by atoms with Crippen LogP contribution in [0.5, 0.6) is 11.5 Å². The van der Waals surface area contributed by atoms with Crippen molar-refractivity contribution in [3.05, 3.63) is 43.0 Å². The van der Waals surface area contributed by atoms with Crippen LogP contribution < -0.4 is 9.47 Å². The Bertz CT molecular complexity index is 820. The lowest BCUT2D eigenvalue weighted by molar-refractivity contribution is 0.337. The predicted octanol–water partition coefficient (Wildman–Crippen LogP) is 3.33. The fourth-order valence-electron chi connectivity index (χ4n) is 2.61. The average molecular weight is 373 g/mol. The van der Waals surface area contributed by atoms with Crippen LogP contribution in [0.4, 0.5) is 0 Å². The molecule has 0 radical (unpaired) electrons. The largest absolute Gasteiger partial charge is 0.616 e. The highest BCUT2D eigenvalue weighted by molar-refractivity contribution is 7.91. The molecule has 1 aromatic carbocycles. The zero-order chi connectivity index (χ0) is 18.4. The number of hydrogen-bond acceptors (Lipinski definition) is 5. The molecule has 138 valence electrons. The Balaban J connectivity index is 1.69. The minimum atomic E-state index is -0.819. The van der Waals surface area contributed by atoms with E-state index < -0.39 is 11.2 Å².